The number of benzene rings is 1. The molecular formula is C15H18N6O. The van der Waals surface area contributed by atoms with E-state index in [1.807, 2.05) is 30.5 Å². The summed E-state index contributed by atoms with van der Waals surface area (Å²) in [5.74, 6) is 0.731. The number of rotatable bonds is 5. The number of aromatic amines is 1. The number of nitrogens with one attached hydrogen (secondary N) is 1. The number of fused-ring (bicyclic) bond motifs is 1. The van der Waals surface area contributed by atoms with Crippen molar-refractivity contribution in [2.75, 3.05) is 14.1 Å². The van der Waals surface area contributed by atoms with Gasteiger partial charge in [-0.05, 0) is 12.5 Å². The lowest BCUT2D eigenvalue weighted by Crippen LogP contribution is -2.21. The Kier molecular flexibility index (Phi) is 3.86. The second kappa shape index (κ2) is 5.97. The SMILES string of the molecule is CN(C)C(=O)c1cn(CCCc2nn[nH]n2)c2ccccc12. The molecule has 0 saturated heterocycles. The monoisotopic (exact) mass is 298 g/mol. The highest BCUT2D eigenvalue weighted by molar-refractivity contribution is 6.06. The molecule has 0 spiro atoms. The van der Waals surface area contributed by atoms with E-state index in [4.69, 9.17) is 0 Å². The minimum Gasteiger partial charge on any atom is -0.347 e. The highest BCUT2D eigenvalue weighted by Crippen LogP contribution is 2.22. The van der Waals surface area contributed by atoms with E-state index >= 15 is 0 Å². The standard InChI is InChI=1S/C15H18N6O/c1-20(2)15(22)12-10-21(13-7-4-3-6-11(12)13)9-5-8-14-16-18-19-17-14/h3-4,6-7,10H,5,8-9H2,1-2H3,(H,16,17,18,19). The van der Waals surface area contributed by atoms with Gasteiger partial charge < -0.3 is 9.47 Å². The Morgan fingerprint density at radius 3 is 2.86 bits per heavy atom. The molecular weight excluding hydrogens is 280 g/mol. The molecule has 3 rings (SSSR count). The third kappa shape index (κ3) is 2.69. The van der Waals surface area contributed by atoms with Crippen molar-refractivity contribution < 1.29 is 4.79 Å². The molecule has 0 atom stereocenters. The summed E-state index contributed by atoms with van der Waals surface area (Å²) in [6.45, 7) is 0.801. The van der Waals surface area contributed by atoms with Gasteiger partial charge in [0, 0.05) is 44.2 Å². The minimum absolute atomic E-state index is 0.0214. The van der Waals surface area contributed by atoms with Gasteiger partial charge in [0.25, 0.3) is 5.91 Å². The van der Waals surface area contributed by atoms with E-state index in [-0.39, 0.29) is 5.91 Å². The molecule has 0 radical (unpaired) electrons. The zero-order valence-corrected chi connectivity index (χ0v) is 12.7. The largest absolute Gasteiger partial charge is 0.347 e. The number of para-hydroxylation sites is 1. The van der Waals surface area contributed by atoms with Crippen LogP contribution in [0.4, 0.5) is 0 Å². The molecule has 0 saturated carbocycles. The Morgan fingerprint density at radius 2 is 2.14 bits per heavy atom. The summed E-state index contributed by atoms with van der Waals surface area (Å²) in [6, 6.07) is 7.97. The Hall–Kier alpha value is -2.70. The number of carbonyl (C=O) groups excluding carboxylic acids is 1. The number of H-pyrrole nitrogens is 1. The molecule has 0 unspecified atom stereocenters. The van der Waals surface area contributed by atoms with Gasteiger partial charge in [0.05, 0.1) is 5.56 Å². The summed E-state index contributed by atoms with van der Waals surface area (Å²) in [6.07, 6.45) is 3.57. The highest BCUT2D eigenvalue weighted by atomic mass is 16.2. The van der Waals surface area contributed by atoms with Gasteiger partial charge >= 0.3 is 0 Å². The molecule has 0 fully saturated rings. The maximum atomic E-state index is 12.3. The quantitative estimate of drug-likeness (QED) is 0.774. The van der Waals surface area contributed by atoms with E-state index in [2.05, 4.69) is 25.2 Å². The zero-order chi connectivity index (χ0) is 15.5. The molecule has 1 amide bonds. The van der Waals surface area contributed by atoms with Gasteiger partial charge in [-0.3, -0.25) is 4.79 Å². The second-order valence-electron chi connectivity index (χ2n) is 5.38. The summed E-state index contributed by atoms with van der Waals surface area (Å²) in [5, 5.41) is 14.9. The Bertz CT molecular complexity index is 775. The first-order valence-electron chi connectivity index (χ1n) is 7.18. The predicted molar refractivity (Wildman–Crippen MR) is 82.5 cm³/mol. The molecule has 0 aliphatic carbocycles. The number of tetrazole rings is 1. The van der Waals surface area contributed by atoms with Crippen LogP contribution >= 0.6 is 0 Å². The fourth-order valence-electron chi connectivity index (χ4n) is 2.54. The third-order valence-electron chi connectivity index (χ3n) is 3.61. The van der Waals surface area contributed by atoms with Gasteiger partial charge in [-0.25, -0.2) is 0 Å². The second-order valence-corrected chi connectivity index (χ2v) is 5.38. The average molecular weight is 298 g/mol. The fraction of sp³-hybridized carbons (Fsp3) is 0.333. The van der Waals surface area contributed by atoms with E-state index < -0.39 is 0 Å². The Balaban J connectivity index is 1.84. The van der Waals surface area contributed by atoms with E-state index in [0.29, 0.717) is 5.82 Å². The Morgan fingerprint density at radius 1 is 1.32 bits per heavy atom. The number of carbonyl (C=O) groups is 1. The first kappa shape index (κ1) is 14.2. The van der Waals surface area contributed by atoms with Crippen molar-refractivity contribution in [3.05, 3.63) is 41.9 Å². The van der Waals surface area contributed by atoms with Crippen LogP contribution < -0.4 is 0 Å². The topological polar surface area (TPSA) is 79.7 Å². The number of nitrogens with zero attached hydrogens (tertiary/aromatic N) is 5. The van der Waals surface area contributed by atoms with Gasteiger partial charge in [-0.2, -0.15) is 5.21 Å². The summed E-state index contributed by atoms with van der Waals surface area (Å²) in [4.78, 5) is 13.9. The molecule has 7 nitrogen and oxygen atoms in total. The van der Waals surface area contributed by atoms with Gasteiger partial charge in [-0.1, -0.05) is 23.4 Å². The molecule has 0 aliphatic rings. The van der Waals surface area contributed by atoms with Crippen LogP contribution in [0, 0.1) is 0 Å². The van der Waals surface area contributed by atoms with Crippen molar-refractivity contribution in [1.29, 1.82) is 0 Å². The molecule has 0 aliphatic heterocycles. The van der Waals surface area contributed by atoms with Gasteiger partial charge in [0.15, 0.2) is 5.82 Å². The first-order valence-corrected chi connectivity index (χ1v) is 7.18. The fourth-order valence-corrected chi connectivity index (χ4v) is 2.54. The van der Waals surface area contributed by atoms with Crippen LogP contribution in [0.15, 0.2) is 30.5 Å². The van der Waals surface area contributed by atoms with Gasteiger partial charge in [0.1, 0.15) is 0 Å². The lowest BCUT2D eigenvalue weighted by Gasteiger charge is -2.08. The van der Waals surface area contributed by atoms with Crippen LogP contribution in [-0.2, 0) is 13.0 Å². The molecule has 114 valence electrons. The lowest BCUT2D eigenvalue weighted by molar-refractivity contribution is 0.0829. The molecule has 3 aromatic rings. The van der Waals surface area contributed by atoms with Crippen LogP contribution in [0.1, 0.15) is 22.6 Å². The number of hydrogen-bond donors (Lipinski definition) is 1. The van der Waals surface area contributed by atoms with Crippen molar-refractivity contribution in [2.24, 2.45) is 0 Å². The molecule has 1 N–H and O–H groups in total. The summed E-state index contributed by atoms with van der Waals surface area (Å²) < 4.78 is 2.12. The number of hydrogen-bond acceptors (Lipinski definition) is 4. The average Bonchev–Trinajstić information content (AvgIpc) is 3.15. The van der Waals surface area contributed by atoms with Crippen molar-refractivity contribution in [2.45, 2.75) is 19.4 Å². The maximum Gasteiger partial charge on any atom is 0.255 e. The van der Waals surface area contributed by atoms with Gasteiger partial charge in [-0.15, -0.1) is 10.2 Å². The maximum absolute atomic E-state index is 12.3. The summed E-state index contributed by atoms with van der Waals surface area (Å²) in [7, 11) is 3.54. The van der Waals surface area contributed by atoms with Crippen LogP contribution in [-0.4, -0.2) is 50.1 Å². The summed E-state index contributed by atoms with van der Waals surface area (Å²) >= 11 is 0. The van der Waals surface area contributed by atoms with E-state index in [1.54, 1.807) is 19.0 Å². The lowest BCUT2D eigenvalue weighted by atomic mass is 10.1. The van der Waals surface area contributed by atoms with Crippen molar-refractivity contribution in [3.8, 4) is 0 Å². The zero-order valence-electron chi connectivity index (χ0n) is 12.7. The number of amides is 1. The highest BCUT2D eigenvalue weighted by Gasteiger charge is 2.16. The van der Waals surface area contributed by atoms with Crippen LogP contribution in [0.2, 0.25) is 0 Å². The first-order chi connectivity index (χ1) is 10.7. The number of aryl methyl sites for hydroxylation is 2. The van der Waals surface area contributed by atoms with Crippen molar-refractivity contribution >= 4 is 16.8 Å². The molecule has 7 heteroatoms. The van der Waals surface area contributed by atoms with E-state index in [1.165, 1.54) is 0 Å². The molecule has 1 aromatic carbocycles. The molecule has 2 aromatic heterocycles. The smallest absolute Gasteiger partial charge is 0.255 e. The normalized spacial score (nSPS) is 11.0. The van der Waals surface area contributed by atoms with Crippen LogP contribution in [0.25, 0.3) is 10.9 Å². The minimum atomic E-state index is 0.0214. The van der Waals surface area contributed by atoms with Crippen LogP contribution in [0.5, 0.6) is 0 Å². The van der Waals surface area contributed by atoms with E-state index in [0.717, 1.165) is 35.9 Å². The Labute approximate surface area is 127 Å². The van der Waals surface area contributed by atoms with Crippen LogP contribution in [0.3, 0.4) is 0 Å². The van der Waals surface area contributed by atoms with E-state index in [9.17, 15) is 4.79 Å². The van der Waals surface area contributed by atoms with Crippen molar-refractivity contribution in [1.82, 2.24) is 30.1 Å². The van der Waals surface area contributed by atoms with Crippen molar-refractivity contribution in [3.63, 3.8) is 0 Å². The number of aromatic nitrogens is 5. The third-order valence-corrected chi connectivity index (χ3v) is 3.61. The molecule has 22 heavy (non-hydrogen) atoms. The molecule has 0 bridgehead atoms. The summed E-state index contributed by atoms with van der Waals surface area (Å²) in [5.41, 5.74) is 1.81. The predicted octanol–water partition coefficient (Wildman–Crippen LogP) is 1.49. The van der Waals surface area contributed by atoms with Gasteiger partial charge in [0.2, 0.25) is 0 Å². The molecule has 2 heterocycles.